The molecule has 2 atom stereocenters. The molecule has 1 amide bonds. The van der Waals surface area contributed by atoms with Gasteiger partial charge in [0.25, 0.3) is 0 Å². The number of nitrogens with zero attached hydrogens (tertiary/aromatic N) is 2. The molecular formula is C17H19N3O2. The van der Waals surface area contributed by atoms with Crippen LogP contribution in [0.5, 0.6) is 0 Å². The molecule has 1 aliphatic rings. The maximum absolute atomic E-state index is 11.8. The molecule has 1 saturated carbocycles. The Kier molecular flexibility index (Phi) is 4.44. The number of carbonyl (C=O) groups excluding carboxylic acids is 1. The standard InChI is InChI=1S/C17H19N3O2/c21-16-7-3-4-12(16)10-19-17(22)9-8-13-11-18-14-5-1-2-6-15(14)20-13/h1-2,5-6,8-9,11-12,16,21H,3-4,7,10H2,(H,19,22). The average Bonchev–Trinajstić information content (AvgIpc) is 2.96. The summed E-state index contributed by atoms with van der Waals surface area (Å²) in [4.78, 5) is 20.5. The molecule has 2 unspecified atom stereocenters. The first-order chi connectivity index (χ1) is 10.7. The predicted octanol–water partition coefficient (Wildman–Crippen LogP) is 1.92. The van der Waals surface area contributed by atoms with Crippen molar-refractivity contribution in [3.05, 3.63) is 42.2 Å². The maximum Gasteiger partial charge on any atom is 0.244 e. The first kappa shape index (κ1) is 14.7. The Morgan fingerprint density at radius 3 is 2.91 bits per heavy atom. The number of fused-ring (bicyclic) bond motifs is 1. The van der Waals surface area contributed by atoms with Crippen molar-refractivity contribution in [2.24, 2.45) is 5.92 Å². The van der Waals surface area contributed by atoms with Gasteiger partial charge in [-0.1, -0.05) is 18.6 Å². The van der Waals surface area contributed by atoms with Crippen LogP contribution in [0.25, 0.3) is 17.1 Å². The van der Waals surface area contributed by atoms with Crippen LogP contribution >= 0.6 is 0 Å². The fourth-order valence-electron chi connectivity index (χ4n) is 2.76. The summed E-state index contributed by atoms with van der Waals surface area (Å²) in [5, 5.41) is 12.6. The number of rotatable bonds is 4. The highest BCUT2D eigenvalue weighted by molar-refractivity contribution is 5.91. The normalized spacial score (nSPS) is 21.5. The zero-order chi connectivity index (χ0) is 15.4. The number of aliphatic hydroxyl groups is 1. The number of para-hydroxylation sites is 2. The first-order valence-corrected chi connectivity index (χ1v) is 7.58. The zero-order valence-corrected chi connectivity index (χ0v) is 12.3. The van der Waals surface area contributed by atoms with Gasteiger partial charge in [-0.3, -0.25) is 9.78 Å². The number of aromatic nitrogens is 2. The minimum absolute atomic E-state index is 0.172. The third-order valence-electron chi connectivity index (χ3n) is 4.03. The van der Waals surface area contributed by atoms with Crippen molar-refractivity contribution in [1.29, 1.82) is 0 Å². The second-order valence-corrected chi connectivity index (χ2v) is 5.62. The van der Waals surface area contributed by atoms with Crippen LogP contribution < -0.4 is 5.32 Å². The predicted molar refractivity (Wildman–Crippen MR) is 84.9 cm³/mol. The first-order valence-electron chi connectivity index (χ1n) is 7.58. The van der Waals surface area contributed by atoms with Crippen LogP contribution in [0, 0.1) is 5.92 Å². The highest BCUT2D eigenvalue weighted by Gasteiger charge is 2.24. The van der Waals surface area contributed by atoms with Gasteiger partial charge < -0.3 is 10.4 Å². The number of benzene rings is 1. The SMILES string of the molecule is O=C(C=Cc1cnc2ccccc2n1)NCC1CCCC1O. The molecule has 0 saturated heterocycles. The quantitative estimate of drug-likeness (QED) is 0.845. The highest BCUT2D eigenvalue weighted by Crippen LogP contribution is 2.24. The number of hydrogen-bond donors (Lipinski definition) is 2. The van der Waals surface area contributed by atoms with E-state index < -0.39 is 0 Å². The van der Waals surface area contributed by atoms with E-state index in [0.29, 0.717) is 12.2 Å². The van der Waals surface area contributed by atoms with E-state index in [2.05, 4.69) is 15.3 Å². The second kappa shape index (κ2) is 6.66. The number of hydrogen-bond acceptors (Lipinski definition) is 4. The summed E-state index contributed by atoms with van der Waals surface area (Å²) in [6.45, 7) is 0.522. The van der Waals surface area contributed by atoms with Crippen LogP contribution in [0.4, 0.5) is 0 Å². The minimum atomic E-state index is -0.282. The molecule has 0 radical (unpaired) electrons. The number of amides is 1. The molecule has 0 bridgehead atoms. The van der Waals surface area contributed by atoms with Gasteiger partial charge in [-0.2, -0.15) is 0 Å². The maximum atomic E-state index is 11.8. The summed E-state index contributed by atoms with van der Waals surface area (Å²) >= 11 is 0. The van der Waals surface area contributed by atoms with E-state index >= 15 is 0 Å². The van der Waals surface area contributed by atoms with E-state index in [1.807, 2.05) is 24.3 Å². The summed E-state index contributed by atoms with van der Waals surface area (Å²) in [5.41, 5.74) is 2.29. The van der Waals surface area contributed by atoms with Crippen molar-refractivity contribution in [3.63, 3.8) is 0 Å². The number of aliphatic hydroxyl groups excluding tert-OH is 1. The van der Waals surface area contributed by atoms with Gasteiger partial charge in [0, 0.05) is 18.5 Å². The molecule has 2 N–H and O–H groups in total. The lowest BCUT2D eigenvalue weighted by atomic mass is 10.1. The van der Waals surface area contributed by atoms with Gasteiger partial charge >= 0.3 is 0 Å². The Bertz CT molecular complexity index is 699. The number of nitrogens with one attached hydrogen (secondary N) is 1. The van der Waals surface area contributed by atoms with E-state index in [4.69, 9.17) is 0 Å². The summed E-state index contributed by atoms with van der Waals surface area (Å²) < 4.78 is 0. The molecule has 5 heteroatoms. The Labute approximate surface area is 129 Å². The second-order valence-electron chi connectivity index (χ2n) is 5.62. The van der Waals surface area contributed by atoms with Crippen LogP contribution in [-0.4, -0.2) is 33.6 Å². The Morgan fingerprint density at radius 2 is 2.14 bits per heavy atom. The third-order valence-corrected chi connectivity index (χ3v) is 4.03. The van der Waals surface area contributed by atoms with Gasteiger partial charge in [-0.25, -0.2) is 4.98 Å². The van der Waals surface area contributed by atoms with E-state index in [-0.39, 0.29) is 17.9 Å². The van der Waals surface area contributed by atoms with Crippen molar-refractivity contribution in [2.45, 2.75) is 25.4 Å². The van der Waals surface area contributed by atoms with Gasteiger partial charge in [0.05, 0.1) is 29.0 Å². The van der Waals surface area contributed by atoms with Crippen LogP contribution in [0.2, 0.25) is 0 Å². The third kappa shape index (κ3) is 3.49. The van der Waals surface area contributed by atoms with Crippen LogP contribution in [0.1, 0.15) is 25.0 Å². The van der Waals surface area contributed by atoms with Crippen molar-refractivity contribution >= 4 is 23.0 Å². The summed E-state index contributed by atoms with van der Waals surface area (Å²) in [7, 11) is 0. The highest BCUT2D eigenvalue weighted by atomic mass is 16.3. The molecule has 22 heavy (non-hydrogen) atoms. The van der Waals surface area contributed by atoms with Gasteiger partial charge in [-0.15, -0.1) is 0 Å². The van der Waals surface area contributed by atoms with E-state index in [9.17, 15) is 9.90 Å². The lowest BCUT2D eigenvalue weighted by Crippen LogP contribution is -2.31. The van der Waals surface area contributed by atoms with Crippen molar-refractivity contribution in [1.82, 2.24) is 15.3 Å². The molecule has 1 aliphatic carbocycles. The molecule has 0 spiro atoms. The lowest BCUT2D eigenvalue weighted by molar-refractivity contribution is -0.116. The van der Waals surface area contributed by atoms with E-state index in [1.54, 1.807) is 12.3 Å². The molecule has 114 valence electrons. The molecule has 1 aromatic carbocycles. The van der Waals surface area contributed by atoms with Gasteiger partial charge in [0.1, 0.15) is 0 Å². The molecule has 1 fully saturated rings. The Morgan fingerprint density at radius 1 is 1.32 bits per heavy atom. The van der Waals surface area contributed by atoms with Crippen LogP contribution in [-0.2, 0) is 4.79 Å². The Hall–Kier alpha value is -2.27. The van der Waals surface area contributed by atoms with Crippen LogP contribution in [0.15, 0.2) is 36.5 Å². The van der Waals surface area contributed by atoms with E-state index in [1.165, 1.54) is 6.08 Å². The van der Waals surface area contributed by atoms with E-state index in [0.717, 1.165) is 30.3 Å². The largest absolute Gasteiger partial charge is 0.393 e. The molecule has 1 aromatic heterocycles. The molecule has 1 heterocycles. The number of carbonyl (C=O) groups is 1. The van der Waals surface area contributed by atoms with Gasteiger partial charge in [0.2, 0.25) is 5.91 Å². The molecule has 3 rings (SSSR count). The Balaban J connectivity index is 1.58. The fourth-order valence-corrected chi connectivity index (χ4v) is 2.76. The van der Waals surface area contributed by atoms with Crippen molar-refractivity contribution in [3.8, 4) is 0 Å². The lowest BCUT2D eigenvalue weighted by Gasteiger charge is -2.13. The summed E-state index contributed by atoms with van der Waals surface area (Å²) in [6, 6.07) is 7.61. The van der Waals surface area contributed by atoms with Crippen molar-refractivity contribution < 1.29 is 9.90 Å². The summed E-state index contributed by atoms with van der Waals surface area (Å²) in [5.74, 6) is 0.00636. The zero-order valence-electron chi connectivity index (χ0n) is 12.3. The molecule has 5 nitrogen and oxygen atoms in total. The minimum Gasteiger partial charge on any atom is -0.393 e. The smallest absolute Gasteiger partial charge is 0.244 e. The molecular weight excluding hydrogens is 278 g/mol. The monoisotopic (exact) mass is 297 g/mol. The fraction of sp³-hybridized carbons (Fsp3) is 0.353. The molecule has 0 aliphatic heterocycles. The van der Waals surface area contributed by atoms with Crippen LogP contribution in [0.3, 0.4) is 0 Å². The topological polar surface area (TPSA) is 75.1 Å². The molecule has 2 aromatic rings. The average molecular weight is 297 g/mol. The van der Waals surface area contributed by atoms with Gasteiger partial charge in [0.15, 0.2) is 0 Å². The van der Waals surface area contributed by atoms with Crippen molar-refractivity contribution in [2.75, 3.05) is 6.54 Å². The summed E-state index contributed by atoms with van der Waals surface area (Å²) in [6.07, 6.45) is 7.32. The van der Waals surface area contributed by atoms with Gasteiger partial charge in [-0.05, 0) is 31.1 Å².